The van der Waals surface area contributed by atoms with E-state index >= 15 is 0 Å². The van der Waals surface area contributed by atoms with Gasteiger partial charge in [-0.15, -0.1) is 0 Å². The smallest absolute Gasteiger partial charge is 0.410 e. The molecule has 0 bridgehead atoms. The second-order valence-corrected chi connectivity index (χ2v) is 8.84. The standard InChI is InChI=1S/C22H25ClN6O4/c1-22(2,3)33-21(31)29-10-14(9-24-4)32-18(11-29)13-6-16(28-19(23)7-13)15-8-17(20(30)25-5)27-12-26-15/h6-8,12,14,18H,9-11H2,1-3,5H3,(H,25,30)/t14-,18+/m1/s1. The first-order chi connectivity index (χ1) is 15.6. The molecule has 2 aromatic heterocycles. The van der Waals surface area contributed by atoms with Gasteiger partial charge in [-0.3, -0.25) is 4.79 Å². The number of carbonyl (C=O) groups excluding carboxylic acids is 2. The number of amides is 2. The molecule has 3 rings (SSSR count). The molecule has 1 fully saturated rings. The maximum atomic E-state index is 12.7. The van der Waals surface area contributed by atoms with Crippen LogP contribution in [0, 0.1) is 6.57 Å². The number of hydrogen-bond acceptors (Lipinski definition) is 7. The molecule has 1 N–H and O–H groups in total. The monoisotopic (exact) mass is 472 g/mol. The van der Waals surface area contributed by atoms with E-state index in [0.717, 1.165) is 0 Å². The number of hydrogen-bond donors (Lipinski definition) is 1. The quantitative estimate of drug-likeness (QED) is 0.537. The maximum absolute atomic E-state index is 12.7. The molecule has 174 valence electrons. The first-order valence-corrected chi connectivity index (χ1v) is 10.7. The first-order valence-electron chi connectivity index (χ1n) is 10.3. The SMILES string of the molecule is [C-]#[N+]C[C@@H]1CN(C(=O)OC(C)(C)C)C[C@@H](c2cc(Cl)nc(-c3cc(C(=O)NC)ncn3)c2)O1. The van der Waals surface area contributed by atoms with E-state index in [4.69, 9.17) is 27.6 Å². The van der Waals surface area contributed by atoms with Crippen molar-refractivity contribution in [2.45, 2.75) is 38.6 Å². The number of pyridine rings is 1. The van der Waals surface area contributed by atoms with Gasteiger partial charge >= 0.3 is 6.09 Å². The number of nitrogens with one attached hydrogen (secondary N) is 1. The van der Waals surface area contributed by atoms with Gasteiger partial charge in [0.25, 0.3) is 5.91 Å². The van der Waals surface area contributed by atoms with Crippen LogP contribution < -0.4 is 5.32 Å². The van der Waals surface area contributed by atoms with Gasteiger partial charge in [0.1, 0.15) is 35.0 Å². The third-order valence-corrected chi connectivity index (χ3v) is 4.88. The summed E-state index contributed by atoms with van der Waals surface area (Å²) in [6.45, 7) is 13.2. The predicted octanol–water partition coefficient (Wildman–Crippen LogP) is 3.15. The molecule has 0 radical (unpaired) electrons. The summed E-state index contributed by atoms with van der Waals surface area (Å²) < 4.78 is 11.6. The van der Waals surface area contributed by atoms with E-state index in [1.54, 1.807) is 32.9 Å². The third kappa shape index (κ3) is 6.37. The molecule has 1 saturated heterocycles. The summed E-state index contributed by atoms with van der Waals surface area (Å²) in [5.41, 5.74) is 1.03. The molecule has 0 unspecified atom stereocenters. The molecule has 3 heterocycles. The number of aromatic nitrogens is 3. The van der Waals surface area contributed by atoms with E-state index in [0.29, 0.717) is 17.0 Å². The van der Waals surface area contributed by atoms with Crippen LogP contribution in [0.5, 0.6) is 0 Å². The van der Waals surface area contributed by atoms with Crippen LogP contribution in [0.4, 0.5) is 4.79 Å². The Bertz CT molecular complexity index is 1080. The van der Waals surface area contributed by atoms with Gasteiger partial charge in [-0.2, -0.15) is 0 Å². The lowest BCUT2D eigenvalue weighted by Crippen LogP contribution is -2.49. The van der Waals surface area contributed by atoms with Crippen LogP contribution in [0.3, 0.4) is 0 Å². The maximum Gasteiger partial charge on any atom is 0.410 e. The van der Waals surface area contributed by atoms with Crippen LogP contribution in [-0.2, 0) is 9.47 Å². The second kappa shape index (κ2) is 10.1. The van der Waals surface area contributed by atoms with E-state index in [1.165, 1.54) is 24.3 Å². The van der Waals surface area contributed by atoms with E-state index < -0.39 is 23.9 Å². The highest BCUT2D eigenvalue weighted by Gasteiger charge is 2.35. The van der Waals surface area contributed by atoms with Crippen LogP contribution in [0.2, 0.25) is 5.15 Å². The summed E-state index contributed by atoms with van der Waals surface area (Å²) >= 11 is 6.29. The van der Waals surface area contributed by atoms with Crippen molar-refractivity contribution < 1.29 is 19.1 Å². The Hall–Kier alpha value is -3.29. The Morgan fingerprint density at radius 3 is 2.70 bits per heavy atom. The molecule has 2 amide bonds. The molecule has 33 heavy (non-hydrogen) atoms. The Kier molecular flexibility index (Phi) is 7.46. The number of rotatable bonds is 4. The van der Waals surface area contributed by atoms with Gasteiger partial charge in [-0.25, -0.2) is 26.3 Å². The van der Waals surface area contributed by atoms with Crippen LogP contribution in [0.15, 0.2) is 24.5 Å². The Labute approximate surface area is 197 Å². The number of carbonyl (C=O) groups is 2. The normalized spacial score (nSPS) is 18.4. The molecule has 0 spiro atoms. The van der Waals surface area contributed by atoms with Gasteiger partial charge < -0.3 is 24.5 Å². The molecule has 0 aromatic carbocycles. The summed E-state index contributed by atoms with van der Waals surface area (Å²) in [5, 5.41) is 2.71. The number of ether oxygens (including phenoxy) is 2. The lowest BCUT2D eigenvalue weighted by Gasteiger charge is -2.37. The zero-order valence-electron chi connectivity index (χ0n) is 18.8. The van der Waals surface area contributed by atoms with E-state index in [-0.39, 0.29) is 36.4 Å². The summed E-state index contributed by atoms with van der Waals surface area (Å²) in [5.74, 6) is -0.355. The molecule has 1 aliphatic rings. The average molecular weight is 473 g/mol. The molecule has 11 heteroatoms. The minimum Gasteiger partial charge on any atom is -0.444 e. The molecule has 10 nitrogen and oxygen atoms in total. The first kappa shape index (κ1) is 24.4. The van der Waals surface area contributed by atoms with Crippen LogP contribution in [-0.4, -0.2) is 70.2 Å². The molecule has 2 aromatic rings. The highest BCUT2D eigenvalue weighted by Crippen LogP contribution is 2.30. The minimum absolute atomic E-state index is 0.100. The lowest BCUT2D eigenvalue weighted by atomic mass is 10.1. The van der Waals surface area contributed by atoms with Gasteiger partial charge in [0.15, 0.2) is 0 Å². The van der Waals surface area contributed by atoms with E-state index in [9.17, 15) is 9.59 Å². The fourth-order valence-electron chi connectivity index (χ4n) is 3.28. The van der Waals surface area contributed by atoms with Crippen molar-refractivity contribution in [2.24, 2.45) is 0 Å². The Balaban J connectivity index is 1.93. The largest absolute Gasteiger partial charge is 0.444 e. The van der Waals surface area contributed by atoms with E-state index in [2.05, 4.69) is 25.1 Å². The van der Waals surface area contributed by atoms with Gasteiger partial charge in [0.2, 0.25) is 6.54 Å². The topological polar surface area (TPSA) is 111 Å². The van der Waals surface area contributed by atoms with Crippen LogP contribution in [0.25, 0.3) is 16.2 Å². The second-order valence-electron chi connectivity index (χ2n) is 8.45. The summed E-state index contributed by atoms with van der Waals surface area (Å²) in [4.78, 5) is 42.1. The zero-order valence-corrected chi connectivity index (χ0v) is 19.6. The summed E-state index contributed by atoms with van der Waals surface area (Å²) in [7, 11) is 1.51. The zero-order chi connectivity index (χ0) is 24.2. The van der Waals surface area contributed by atoms with Gasteiger partial charge in [-0.1, -0.05) is 11.6 Å². The van der Waals surface area contributed by atoms with Crippen molar-refractivity contribution in [3.8, 4) is 11.4 Å². The van der Waals surface area contributed by atoms with Gasteiger partial charge in [0, 0.05) is 7.05 Å². The fourth-order valence-corrected chi connectivity index (χ4v) is 3.50. The van der Waals surface area contributed by atoms with Crippen molar-refractivity contribution >= 4 is 23.6 Å². The Morgan fingerprint density at radius 2 is 2.03 bits per heavy atom. The van der Waals surface area contributed by atoms with Crippen molar-refractivity contribution in [2.75, 3.05) is 26.7 Å². The Morgan fingerprint density at radius 1 is 1.27 bits per heavy atom. The number of nitrogens with zero attached hydrogens (tertiary/aromatic N) is 5. The number of halogens is 1. The fraction of sp³-hybridized carbons (Fsp3) is 0.455. The lowest BCUT2D eigenvalue weighted by molar-refractivity contribution is -0.0825. The van der Waals surface area contributed by atoms with Gasteiger partial charge in [-0.05, 0) is 44.5 Å². The van der Waals surface area contributed by atoms with Crippen molar-refractivity contribution in [1.82, 2.24) is 25.2 Å². The van der Waals surface area contributed by atoms with Crippen LogP contribution in [0.1, 0.15) is 42.9 Å². The van der Waals surface area contributed by atoms with Crippen LogP contribution >= 0.6 is 11.6 Å². The minimum atomic E-state index is -0.650. The molecule has 2 atom stereocenters. The summed E-state index contributed by atoms with van der Waals surface area (Å²) in [6, 6.07) is 4.89. The summed E-state index contributed by atoms with van der Waals surface area (Å²) in [6.07, 6.45) is -0.243. The molecular weight excluding hydrogens is 448 g/mol. The van der Waals surface area contributed by atoms with Crippen molar-refractivity contribution in [3.05, 3.63) is 52.4 Å². The molecule has 0 saturated carbocycles. The predicted molar refractivity (Wildman–Crippen MR) is 121 cm³/mol. The van der Waals surface area contributed by atoms with Crippen molar-refractivity contribution in [3.63, 3.8) is 0 Å². The number of morpholine rings is 1. The molecular formula is C22H25ClN6O4. The highest BCUT2D eigenvalue weighted by atomic mass is 35.5. The van der Waals surface area contributed by atoms with Crippen molar-refractivity contribution in [1.29, 1.82) is 0 Å². The third-order valence-electron chi connectivity index (χ3n) is 4.69. The molecule has 1 aliphatic heterocycles. The highest BCUT2D eigenvalue weighted by molar-refractivity contribution is 6.29. The van der Waals surface area contributed by atoms with E-state index in [1.807, 2.05) is 0 Å². The average Bonchev–Trinajstić information content (AvgIpc) is 2.77. The van der Waals surface area contributed by atoms with Gasteiger partial charge in [0.05, 0.1) is 24.5 Å². The molecule has 0 aliphatic carbocycles.